The lowest BCUT2D eigenvalue weighted by molar-refractivity contribution is -0.903. The highest BCUT2D eigenvalue weighted by atomic mass is 35.5. The molecular weight excluding hydrogens is 448 g/mol. The molecule has 0 atom stereocenters. The van der Waals surface area contributed by atoms with E-state index in [2.05, 4.69) is 51.4 Å². The van der Waals surface area contributed by atoms with Gasteiger partial charge in [0.2, 0.25) is 0 Å². The van der Waals surface area contributed by atoms with Gasteiger partial charge in [0.25, 0.3) is 0 Å². The maximum Gasteiger partial charge on any atom is 0.104 e. The van der Waals surface area contributed by atoms with E-state index in [0.717, 1.165) is 11.0 Å². The molecule has 2 nitrogen and oxygen atoms in total. The Hall–Kier alpha value is -1.35. The number of rotatable bonds is 18. The molecule has 0 spiro atoms. The highest BCUT2D eigenvalue weighted by Crippen LogP contribution is 2.15. The summed E-state index contributed by atoms with van der Waals surface area (Å²) < 4.78 is 1.11. The van der Waals surface area contributed by atoms with Crippen LogP contribution in [0.3, 0.4) is 0 Å². The molecular formula is C32H56ClN2+. The Morgan fingerprint density at radius 1 is 0.543 bits per heavy atom. The van der Waals surface area contributed by atoms with Gasteiger partial charge in [-0.1, -0.05) is 145 Å². The maximum atomic E-state index is 5.35. The van der Waals surface area contributed by atoms with Crippen LogP contribution in [0.15, 0.2) is 60.7 Å². The first-order valence-corrected chi connectivity index (χ1v) is 14.2. The van der Waals surface area contributed by atoms with Gasteiger partial charge in [0.1, 0.15) is 6.54 Å². The number of unbranched alkanes of at least 4 members (excludes halogenated alkanes) is 13. The van der Waals surface area contributed by atoms with E-state index >= 15 is 0 Å². The molecule has 0 aliphatic heterocycles. The fourth-order valence-electron chi connectivity index (χ4n) is 4.51. The molecule has 0 aromatic heterocycles. The van der Waals surface area contributed by atoms with Crippen molar-refractivity contribution in [2.75, 3.05) is 20.6 Å². The first-order valence-electron chi connectivity index (χ1n) is 14.2. The van der Waals surface area contributed by atoms with Crippen LogP contribution < -0.4 is 5.73 Å². The van der Waals surface area contributed by atoms with Crippen LogP contribution >= 0.6 is 12.4 Å². The highest BCUT2D eigenvalue weighted by molar-refractivity contribution is 5.85. The van der Waals surface area contributed by atoms with E-state index in [1.807, 2.05) is 30.3 Å². The van der Waals surface area contributed by atoms with Crippen LogP contribution in [0.2, 0.25) is 0 Å². The predicted octanol–water partition coefficient (Wildman–Crippen LogP) is 9.31. The van der Waals surface area contributed by atoms with Crippen molar-refractivity contribution in [3.8, 4) is 0 Å². The molecule has 0 bridgehead atoms. The second kappa shape index (κ2) is 23.1. The van der Waals surface area contributed by atoms with Crippen LogP contribution in [0.25, 0.3) is 0 Å². The summed E-state index contributed by atoms with van der Waals surface area (Å²) in [7, 11) is 4.74. The van der Waals surface area contributed by atoms with Gasteiger partial charge in [0, 0.05) is 12.1 Å². The average molecular weight is 504 g/mol. The third kappa shape index (κ3) is 20.5. The number of hydrogen-bond acceptors (Lipinski definition) is 1. The van der Waals surface area contributed by atoms with Gasteiger partial charge in [-0.2, -0.15) is 0 Å². The van der Waals surface area contributed by atoms with Gasteiger partial charge in [0.05, 0.1) is 20.6 Å². The maximum absolute atomic E-state index is 5.35. The quantitative estimate of drug-likeness (QED) is 0.159. The minimum Gasteiger partial charge on any atom is -0.326 e. The Bertz CT molecular complexity index is 672. The van der Waals surface area contributed by atoms with Gasteiger partial charge in [-0.25, -0.2) is 0 Å². The highest BCUT2D eigenvalue weighted by Gasteiger charge is 2.14. The predicted molar refractivity (Wildman–Crippen MR) is 159 cm³/mol. The third-order valence-electron chi connectivity index (χ3n) is 6.65. The van der Waals surface area contributed by atoms with Gasteiger partial charge < -0.3 is 10.2 Å². The van der Waals surface area contributed by atoms with E-state index in [9.17, 15) is 0 Å². The first-order chi connectivity index (χ1) is 16.6. The average Bonchev–Trinajstić information content (AvgIpc) is 2.85. The van der Waals surface area contributed by atoms with E-state index in [1.165, 1.54) is 108 Å². The fourth-order valence-corrected chi connectivity index (χ4v) is 4.51. The lowest BCUT2D eigenvalue weighted by Crippen LogP contribution is -2.39. The topological polar surface area (TPSA) is 26.0 Å². The molecule has 0 heterocycles. The summed E-state index contributed by atoms with van der Waals surface area (Å²) in [6.07, 6.45) is 20.2. The van der Waals surface area contributed by atoms with Crippen molar-refractivity contribution in [2.24, 2.45) is 5.73 Å². The molecule has 2 rings (SSSR count). The summed E-state index contributed by atoms with van der Waals surface area (Å²) in [5.74, 6) is 0. The molecule has 0 saturated heterocycles. The molecule has 200 valence electrons. The fraction of sp³-hybridized carbons (Fsp3) is 0.625. The van der Waals surface area contributed by atoms with Crippen LogP contribution in [0.5, 0.6) is 0 Å². The first kappa shape index (κ1) is 33.7. The molecule has 35 heavy (non-hydrogen) atoms. The smallest absolute Gasteiger partial charge is 0.104 e. The summed E-state index contributed by atoms with van der Waals surface area (Å²) in [4.78, 5) is 0. The molecule has 0 radical (unpaired) electrons. The molecule has 0 aliphatic rings. The molecule has 0 unspecified atom stereocenters. The Balaban J connectivity index is 0.00000108. The zero-order chi connectivity index (χ0) is 24.7. The summed E-state index contributed by atoms with van der Waals surface area (Å²) in [5, 5.41) is 0. The van der Waals surface area contributed by atoms with Crippen molar-refractivity contribution in [1.29, 1.82) is 0 Å². The van der Waals surface area contributed by atoms with Crippen LogP contribution in [-0.4, -0.2) is 25.1 Å². The second-order valence-electron chi connectivity index (χ2n) is 10.6. The summed E-state index contributed by atoms with van der Waals surface area (Å²) in [6, 6.07) is 20.9. The van der Waals surface area contributed by atoms with E-state index in [0.29, 0.717) is 6.54 Å². The Morgan fingerprint density at radius 2 is 0.914 bits per heavy atom. The van der Waals surface area contributed by atoms with E-state index < -0.39 is 0 Å². The van der Waals surface area contributed by atoms with Crippen molar-refractivity contribution in [3.63, 3.8) is 0 Å². The second-order valence-corrected chi connectivity index (χ2v) is 10.6. The van der Waals surface area contributed by atoms with Crippen molar-refractivity contribution < 1.29 is 4.48 Å². The number of halogens is 1. The van der Waals surface area contributed by atoms with Gasteiger partial charge >= 0.3 is 0 Å². The van der Waals surface area contributed by atoms with Crippen molar-refractivity contribution in [2.45, 2.75) is 110 Å². The van der Waals surface area contributed by atoms with Gasteiger partial charge in [-0.05, 0) is 18.4 Å². The number of quaternary nitrogens is 1. The molecule has 0 aliphatic carbocycles. The molecule has 2 aromatic carbocycles. The minimum absolute atomic E-state index is 0. The van der Waals surface area contributed by atoms with Crippen LogP contribution in [-0.2, 0) is 13.1 Å². The van der Waals surface area contributed by atoms with E-state index in [1.54, 1.807) is 0 Å². The number of nitrogens with zero attached hydrogens (tertiary/aromatic N) is 1. The Morgan fingerprint density at radius 3 is 1.29 bits per heavy atom. The monoisotopic (exact) mass is 503 g/mol. The van der Waals surface area contributed by atoms with Crippen LogP contribution in [0.1, 0.15) is 108 Å². The molecule has 0 saturated carbocycles. The summed E-state index contributed by atoms with van der Waals surface area (Å²) in [5.41, 5.74) is 8.00. The molecule has 3 heteroatoms. The van der Waals surface area contributed by atoms with Gasteiger partial charge in [-0.3, -0.25) is 0 Å². The van der Waals surface area contributed by atoms with Crippen molar-refractivity contribution in [3.05, 3.63) is 71.8 Å². The molecule has 2 N–H and O–H groups in total. The number of nitrogens with two attached hydrogens (primary N) is 1. The van der Waals surface area contributed by atoms with E-state index in [-0.39, 0.29) is 12.4 Å². The van der Waals surface area contributed by atoms with Gasteiger partial charge in [-0.15, -0.1) is 12.4 Å². The lowest BCUT2D eigenvalue weighted by atomic mass is 10.0. The zero-order valence-electron chi connectivity index (χ0n) is 23.2. The van der Waals surface area contributed by atoms with Crippen molar-refractivity contribution >= 4 is 12.4 Å². The van der Waals surface area contributed by atoms with Crippen LogP contribution in [0.4, 0.5) is 0 Å². The SMILES string of the molecule is CCCCCCCCCCCCCCCC[N+](C)(C)Cc1ccccc1.Cl.NCc1ccccc1. The minimum atomic E-state index is 0. The standard InChI is InChI=1S/C25H46N.C7H9N.ClH/c1-4-5-6-7-8-9-10-11-12-13-14-15-16-20-23-26(2,3)24-25-21-18-17-19-22-25;8-6-7-4-2-1-3-5-7;/h17-19,21-22H,4-16,20,23-24H2,1-3H3;1-5H,6,8H2;1H/q+1;;. The Labute approximate surface area is 224 Å². The number of benzene rings is 2. The van der Waals surface area contributed by atoms with Gasteiger partial charge in [0.15, 0.2) is 0 Å². The summed E-state index contributed by atoms with van der Waals surface area (Å²) in [6.45, 7) is 5.39. The normalized spacial score (nSPS) is 10.9. The van der Waals surface area contributed by atoms with Crippen molar-refractivity contribution in [1.82, 2.24) is 0 Å². The molecule has 0 amide bonds. The third-order valence-corrected chi connectivity index (χ3v) is 6.65. The lowest BCUT2D eigenvalue weighted by Gasteiger charge is -2.30. The molecule has 0 fully saturated rings. The number of hydrogen-bond donors (Lipinski definition) is 1. The summed E-state index contributed by atoms with van der Waals surface area (Å²) >= 11 is 0. The van der Waals surface area contributed by atoms with E-state index in [4.69, 9.17) is 5.73 Å². The Kier molecular flexibility index (Phi) is 22.2. The largest absolute Gasteiger partial charge is 0.326 e. The van der Waals surface area contributed by atoms with Crippen LogP contribution in [0, 0.1) is 0 Å². The zero-order valence-corrected chi connectivity index (χ0v) is 24.0. The molecule has 2 aromatic rings.